The van der Waals surface area contributed by atoms with E-state index >= 15 is 0 Å². The third kappa shape index (κ3) is 1.28. The van der Waals surface area contributed by atoms with Gasteiger partial charge < -0.3 is 5.32 Å². The quantitative estimate of drug-likeness (QED) is 0.643. The highest BCUT2D eigenvalue weighted by Crippen LogP contribution is 2.47. The molecule has 2 rings (SSSR count). The molecule has 0 amide bonds. The smallest absolute Gasteiger partial charge is 0.115 e. The first-order chi connectivity index (χ1) is 5.21. The molecule has 1 saturated heterocycles. The van der Waals surface area contributed by atoms with Crippen molar-refractivity contribution in [3.63, 3.8) is 0 Å². The van der Waals surface area contributed by atoms with Crippen molar-refractivity contribution in [3.05, 3.63) is 0 Å². The van der Waals surface area contributed by atoms with Crippen LogP contribution in [0.3, 0.4) is 0 Å². The minimum Gasteiger partial charge on any atom is -0.316 e. The summed E-state index contributed by atoms with van der Waals surface area (Å²) >= 11 is 0. The topological polar surface area (TPSA) is 12.0 Å². The van der Waals surface area contributed by atoms with Crippen molar-refractivity contribution in [1.82, 2.24) is 5.32 Å². The molecule has 0 aromatic carbocycles. The summed E-state index contributed by atoms with van der Waals surface area (Å²) in [6.45, 7) is 3.70. The third-order valence-electron chi connectivity index (χ3n) is 3.23. The van der Waals surface area contributed by atoms with Crippen LogP contribution >= 0.6 is 0 Å². The van der Waals surface area contributed by atoms with Crippen LogP contribution in [0.2, 0.25) is 0 Å². The molecule has 1 N–H and O–H groups in total. The summed E-state index contributed by atoms with van der Waals surface area (Å²) in [4.78, 5) is 0. The van der Waals surface area contributed by atoms with Crippen LogP contribution < -0.4 is 5.32 Å². The zero-order valence-electron chi connectivity index (χ0n) is 7.07. The van der Waals surface area contributed by atoms with Crippen LogP contribution in [0.5, 0.6) is 0 Å². The largest absolute Gasteiger partial charge is 0.316 e. The fraction of sp³-hybridized carbons (Fsp3) is 1.00. The Morgan fingerprint density at radius 2 is 2.00 bits per heavy atom. The summed E-state index contributed by atoms with van der Waals surface area (Å²) in [6, 6.07) is 0. The Kier molecular flexibility index (Phi) is 1.67. The van der Waals surface area contributed by atoms with Crippen LogP contribution in [0.15, 0.2) is 0 Å². The predicted molar refractivity (Wildman–Crippen MR) is 43.2 cm³/mol. The lowest BCUT2D eigenvalue weighted by Crippen LogP contribution is -2.33. The molecule has 0 radical (unpaired) electrons. The lowest BCUT2D eigenvalue weighted by atomic mass is 9.86. The van der Waals surface area contributed by atoms with E-state index in [2.05, 4.69) is 5.32 Å². The van der Waals surface area contributed by atoms with Gasteiger partial charge in [-0.05, 0) is 38.6 Å². The summed E-state index contributed by atoms with van der Waals surface area (Å²) in [7, 11) is 0. The van der Waals surface area contributed by atoms with Crippen LogP contribution in [-0.4, -0.2) is 18.8 Å². The Morgan fingerprint density at radius 1 is 1.27 bits per heavy atom. The van der Waals surface area contributed by atoms with E-state index in [1.54, 1.807) is 6.92 Å². The highest BCUT2D eigenvalue weighted by Gasteiger charge is 2.47. The van der Waals surface area contributed by atoms with Gasteiger partial charge in [0.25, 0.3) is 0 Å². The van der Waals surface area contributed by atoms with E-state index in [0.717, 1.165) is 32.4 Å². The first kappa shape index (κ1) is 7.53. The van der Waals surface area contributed by atoms with Crippen LogP contribution in [0.25, 0.3) is 0 Å². The first-order valence-corrected chi connectivity index (χ1v) is 4.61. The molecule has 1 aliphatic heterocycles. The molecule has 2 aliphatic rings. The monoisotopic (exact) mass is 157 g/mol. The van der Waals surface area contributed by atoms with Crippen LogP contribution in [0.1, 0.15) is 26.2 Å². The lowest BCUT2D eigenvalue weighted by Gasteiger charge is -2.26. The number of hydrogen-bond acceptors (Lipinski definition) is 1. The standard InChI is InChI=1S/C9H16FN/c1-9(10,7-2-3-7)8-4-5-11-6-8/h7-8,11H,2-6H2,1H3. The zero-order chi connectivity index (χ0) is 7.90. The first-order valence-electron chi connectivity index (χ1n) is 4.61. The van der Waals surface area contributed by atoms with Crippen molar-refractivity contribution in [2.75, 3.05) is 13.1 Å². The molecule has 64 valence electrons. The molecule has 1 nitrogen and oxygen atoms in total. The molecule has 2 fully saturated rings. The zero-order valence-corrected chi connectivity index (χ0v) is 7.07. The number of rotatable bonds is 2. The molecular formula is C9H16FN. The highest BCUT2D eigenvalue weighted by atomic mass is 19.1. The average Bonchev–Trinajstić information content (AvgIpc) is 2.66. The summed E-state index contributed by atoms with van der Waals surface area (Å²) < 4.78 is 13.9. The fourth-order valence-corrected chi connectivity index (χ4v) is 2.12. The third-order valence-corrected chi connectivity index (χ3v) is 3.23. The molecule has 0 bridgehead atoms. The average molecular weight is 157 g/mol. The Morgan fingerprint density at radius 3 is 2.45 bits per heavy atom. The van der Waals surface area contributed by atoms with Crippen LogP contribution in [0, 0.1) is 11.8 Å². The van der Waals surface area contributed by atoms with Gasteiger partial charge in [0.1, 0.15) is 5.67 Å². The van der Waals surface area contributed by atoms with Gasteiger partial charge in [-0.25, -0.2) is 4.39 Å². The van der Waals surface area contributed by atoms with E-state index in [0.29, 0.717) is 5.92 Å². The number of hydrogen-bond donors (Lipinski definition) is 1. The second-order valence-corrected chi connectivity index (χ2v) is 4.12. The molecule has 11 heavy (non-hydrogen) atoms. The van der Waals surface area contributed by atoms with Gasteiger partial charge >= 0.3 is 0 Å². The predicted octanol–water partition coefficient (Wildman–Crippen LogP) is 1.73. The Balaban J connectivity index is 1.99. The van der Waals surface area contributed by atoms with E-state index in [9.17, 15) is 4.39 Å². The SMILES string of the molecule is CC(F)(C1CC1)C1CCNC1. The second kappa shape index (κ2) is 2.44. The molecule has 0 aromatic rings. The molecule has 0 spiro atoms. The maximum absolute atomic E-state index is 13.9. The Bertz CT molecular complexity index is 146. The maximum Gasteiger partial charge on any atom is 0.115 e. The van der Waals surface area contributed by atoms with E-state index < -0.39 is 5.67 Å². The number of halogens is 1. The molecule has 1 heterocycles. The summed E-state index contributed by atoms with van der Waals surface area (Å²) in [5.41, 5.74) is -0.872. The van der Waals surface area contributed by atoms with Crippen LogP contribution in [-0.2, 0) is 0 Å². The number of nitrogens with one attached hydrogen (secondary N) is 1. The highest BCUT2D eigenvalue weighted by molar-refractivity contribution is 4.98. The lowest BCUT2D eigenvalue weighted by molar-refractivity contribution is 0.0864. The number of alkyl halides is 1. The Hall–Kier alpha value is -0.110. The molecular weight excluding hydrogens is 141 g/mol. The molecule has 1 saturated carbocycles. The van der Waals surface area contributed by atoms with Crippen molar-refractivity contribution >= 4 is 0 Å². The summed E-state index contributed by atoms with van der Waals surface area (Å²) in [5.74, 6) is 0.669. The van der Waals surface area contributed by atoms with E-state index in [1.165, 1.54) is 0 Å². The van der Waals surface area contributed by atoms with E-state index in [4.69, 9.17) is 0 Å². The second-order valence-electron chi connectivity index (χ2n) is 4.12. The summed E-state index contributed by atoms with van der Waals surface area (Å²) in [5, 5.41) is 3.22. The van der Waals surface area contributed by atoms with Crippen molar-refractivity contribution in [3.8, 4) is 0 Å². The maximum atomic E-state index is 13.9. The van der Waals surface area contributed by atoms with E-state index in [-0.39, 0.29) is 5.92 Å². The van der Waals surface area contributed by atoms with Crippen LogP contribution in [0.4, 0.5) is 4.39 Å². The normalized spacial score (nSPS) is 37.1. The van der Waals surface area contributed by atoms with Gasteiger partial charge in [0.05, 0.1) is 0 Å². The van der Waals surface area contributed by atoms with Gasteiger partial charge in [0.15, 0.2) is 0 Å². The molecule has 0 aromatic heterocycles. The van der Waals surface area contributed by atoms with Gasteiger partial charge in [0, 0.05) is 12.5 Å². The molecule has 1 aliphatic carbocycles. The van der Waals surface area contributed by atoms with Gasteiger partial charge in [-0.15, -0.1) is 0 Å². The van der Waals surface area contributed by atoms with Gasteiger partial charge in [-0.2, -0.15) is 0 Å². The molecule has 2 heteroatoms. The van der Waals surface area contributed by atoms with Gasteiger partial charge in [-0.3, -0.25) is 0 Å². The Labute approximate surface area is 67.4 Å². The summed E-state index contributed by atoms with van der Waals surface area (Å²) in [6.07, 6.45) is 3.26. The van der Waals surface area contributed by atoms with Crippen molar-refractivity contribution in [2.24, 2.45) is 11.8 Å². The minimum absolute atomic E-state index is 0.287. The van der Waals surface area contributed by atoms with Crippen molar-refractivity contribution in [2.45, 2.75) is 31.9 Å². The van der Waals surface area contributed by atoms with Crippen molar-refractivity contribution < 1.29 is 4.39 Å². The van der Waals surface area contributed by atoms with Crippen molar-refractivity contribution in [1.29, 1.82) is 0 Å². The van der Waals surface area contributed by atoms with Gasteiger partial charge in [-0.1, -0.05) is 0 Å². The molecule has 2 unspecified atom stereocenters. The minimum atomic E-state index is -0.872. The van der Waals surface area contributed by atoms with E-state index in [1.807, 2.05) is 0 Å². The fourth-order valence-electron chi connectivity index (χ4n) is 2.12. The van der Waals surface area contributed by atoms with Gasteiger partial charge in [0.2, 0.25) is 0 Å². The molecule has 2 atom stereocenters.